The van der Waals surface area contributed by atoms with Gasteiger partial charge in [-0.1, -0.05) is 26.7 Å². The van der Waals surface area contributed by atoms with Crippen LogP contribution in [-0.4, -0.2) is 49.8 Å². The summed E-state index contributed by atoms with van der Waals surface area (Å²) in [6.07, 6.45) is 31.3. The molecule has 0 amide bonds. The first-order valence-corrected chi connectivity index (χ1v) is 17.4. The third kappa shape index (κ3) is 25.4. The van der Waals surface area contributed by atoms with Gasteiger partial charge in [0.2, 0.25) is 0 Å². The molecule has 0 spiro atoms. The molecule has 38 heavy (non-hydrogen) atoms. The van der Waals surface area contributed by atoms with Crippen molar-refractivity contribution in [2.45, 2.75) is 142 Å². The standard InChI is InChI=1S/C33H64NO3P/c1-6-8-10-12-14-16-18-20-22-24-26-28-32(35)38(37-31-30-34(3,4)5)33(36)29-27-25-23-21-19-17-15-13-11-9-7-2/h12-15,38H,6-11,16-31H2,1-5H3. The summed E-state index contributed by atoms with van der Waals surface area (Å²) in [4.78, 5) is 26.0. The second-order valence-electron chi connectivity index (χ2n) is 11.9. The number of likely N-dealkylation sites (N-methyl/N-ethyl adjacent to an activating group) is 1. The number of carbonyl (C=O) groups is 2. The minimum Gasteiger partial charge on any atom is -0.0654 e. The van der Waals surface area contributed by atoms with Crippen LogP contribution in [0.1, 0.15) is 142 Å². The van der Waals surface area contributed by atoms with Crippen LogP contribution in [0, 0.1) is 0 Å². The van der Waals surface area contributed by atoms with Crippen molar-refractivity contribution >= 4 is 19.2 Å². The molecule has 0 aliphatic carbocycles. The zero-order valence-electron chi connectivity index (χ0n) is 26.0. The van der Waals surface area contributed by atoms with E-state index in [0.717, 1.165) is 36.7 Å². The molecule has 4 nitrogen and oxygen atoms in total. The quantitative estimate of drug-likeness (QED) is 0.0419. The average Bonchev–Trinajstić information content (AvgIpc) is 2.87. The predicted molar refractivity (Wildman–Crippen MR) is 169 cm³/mol. The monoisotopic (exact) mass is 553 g/mol. The van der Waals surface area contributed by atoms with Gasteiger partial charge in [-0.25, -0.2) is 0 Å². The zero-order valence-corrected chi connectivity index (χ0v) is 27.0. The Morgan fingerprint density at radius 3 is 1.34 bits per heavy atom. The fourth-order valence-electron chi connectivity index (χ4n) is 4.24. The van der Waals surface area contributed by atoms with E-state index in [9.17, 15) is 9.59 Å². The summed E-state index contributed by atoms with van der Waals surface area (Å²) < 4.78 is 6.79. The van der Waals surface area contributed by atoms with Gasteiger partial charge >= 0.3 is 212 Å². The Morgan fingerprint density at radius 2 is 0.947 bits per heavy atom. The minimum atomic E-state index is -2.05. The maximum absolute atomic E-state index is 13.0. The Bertz CT molecular complexity index is 580. The molecule has 0 aliphatic heterocycles. The van der Waals surface area contributed by atoms with Crippen LogP contribution in [0.15, 0.2) is 24.3 Å². The Balaban J connectivity index is 4.23. The molecule has 0 saturated carbocycles. The topological polar surface area (TPSA) is 43.4 Å². The summed E-state index contributed by atoms with van der Waals surface area (Å²) >= 11 is 0. The van der Waals surface area contributed by atoms with E-state index in [0.29, 0.717) is 19.4 Å². The van der Waals surface area contributed by atoms with E-state index >= 15 is 0 Å². The molecule has 0 bridgehead atoms. The molecule has 0 aromatic carbocycles. The normalized spacial score (nSPS) is 13.6. The van der Waals surface area contributed by atoms with Crippen molar-refractivity contribution in [3.05, 3.63) is 24.3 Å². The molecule has 5 heteroatoms. The number of hydrogen-bond donors (Lipinski definition) is 0. The third-order valence-electron chi connectivity index (χ3n) is 6.85. The van der Waals surface area contributed by atoms with E-state index in [-0.39, 0.29) is 11.0 Å². The first kappa shape index (κ1) is 37.2. The third-order valence-corrected chi connectivity index (χ3v) is 8.85. The van der Waals surface area contributed by atoms with Crippen molar-refractivity contribution in [3.63, 3.8) is 0 Å². The first-order valence-electron chi connectivity index (χ1n) is 16.0. The first-order chi connectivity index (χ1) is 18.3. The van der Waals surface area contributed by atoms with Gasteiger partial charge < -0.3 is 0 Å². The van der Waals surface area contributed by atoms with Gasteiger partial charge in [0.05, 0.1) is 0 Å². The SMILES string of the molecule is CCCCC=CCCCCCCCC(=O)[PH-](OCC[N+](C)(C)C)C(=O)CCCCCCCC=CCCCC. The molecule has 0 radical (unpaired) electrons. The van der Waals surface area contributed by atoms with Gasteiger partial charge in [0.25, 0.3) is 0 Å². The number of carbonyl (C=O) groups excluding carboxylic acids is 2. The van der Waals surface area contributed by atoms with Crippen molar-refractivity contribution in [2.75, 3.05) is 34.3 Å². The Kier molecular flexibility index (Phi) is 25.8. The van der Waals surface area contributed by atoms with Crippen LogP contribution in [0.25, 0.3) is 0 Å². The van der Waals surface area contributed by atoms with Crippen LogP contribution in [0.2, 0.25) is 0 Å². The van der Waals surface area contributed by atoms with Gasteiger partial charge in [0.15, 0.2) is 0 Å². The number of rotatable bonds is 28. The van der Waals surface area contributed by atoms with E-state index < -0.39 is 8.15 Å². The van der Waals surface area contributed by atoms with Crippen molar-refractivity contribution in [1.29, 1.82) is 0 Å². The molecular formula is C33H64NO3P. The smallest absolute Gasteiger partial charge is 0.0654 e. The number of allylic oxidation sites excluding steroid dienone is 4. The summed E-state index contributed by atoms with van der Waals surface area (Å²) in [7, 11) is 4.29. The molecule has 0 N–H and O–H groups in total. The van der Waals surface area contributed by atoms with E-state index in [1.54, 1.807) is 0 Å². The van der Waals surface area contributed by atoms with Gasteiger partial charge in [-0.15, -0.1) is 0 Å². The minimum absolute atomic E-state index is 0.0927. The Hall–Kier alpha value is -0.830. The molecule has 0 aliphatic rings. The van der Waals surface area contributed by atoms with E-state index in [4.69, 9.17) is 4.52 Å². The zero-order chi connectivity index (χ0) is 28.3. The van der Waals surface area contributed by atoms with Gasteiger partial charge in [-0.3, -0.25) is 0 Å². The number of unbranched alkanes of at least 4 members (excludes halogenated alkanes) is 14. The summed E-state index contributed by atoms with van der Waals surface area (Å²) in [5.41, 5.74) is 0.185. The van der Waals surface area contributed by atoms with Crippen LogP contribution in [0.5, 0.6) is 0 Å². The molecule has 0 unspecified atom stereocenters. The van der Waals surface area contributed by atoms with E-state index in [2.05, 4.69) is 59.3 Å². The van der Waals surface area contributed by atoms with Gasteiger partial charge in [-0.05, 0) is 0 Å². The van der Waals surface area contributed by atoms with Crippen LogP contribution < -0.4 is 0 Å². The molecule has 224 valence electrons. The van der Waals surface area contributed by atoms with Gasteiger partial charge in [0.1, 0.15) is 0 Å². The van der Waals surface area contributed by atoms with E-state index in [1.165, 1.54) is 89.9 Å². The molecule has 0 heterocycles. The predicted octanol–water partition coefficient (Wildman–Crippen LogP) is 9.85. The van der Waals surface area contributed by atoms with Crippen LogP contribution in [0.3, 0.4) is 0 Å². The van der Waals surface area contributed by atoms with Crippen LogP contribution in [0.4, 0.5) is 0 Å². The average molecular weight is 554 g/mol. The number of quaternary nitrogens is 1. The van der Waals surface area contributed by atoms with Crippen LogP contribution >= 0.6 is 8.15 Å². The Labute approximate surface area is 238 Å². The molecule has 0 aromatic rings. The summed E-state index contributed by atoms with van der Waals surface area (Å²) in [5.74, 6) is 0. The number of hydrogen-bond acceptors (Lipinski definition) is 3. The second-order valence-corrected chi connectivity index (χ2v) is 13.9. The molecule has 0 fully saturated rings. The van der Waals surface area contributed by atoms with Crippen LogP contribution in [-0.2, 0) is 14.1 Å². The maximum atomic E-state index is 13.0. The van der Waals surface area contributed by atoms with Crippen molar-refractivity contribution in [2.24, 2.45) is 0 Å². The van der Waals surface area contributed by atoms with E-state index in [1.807, 2.05) is 0 Å². The molecule has 0 saturated heterocycles. The number of nitrogens with zero attached hydrogens (tertiary/aromatic N) is 1. The van der Waals surface area contributed by atoms with Gasteiger partial charge in [-0.2, -0.15) is 0 Å². The van der Waals surface area contributed by atoms with Crippen molar-refractivity contribution < 1.29 is 18.6 Å². The Morgan fingerprint density at radius 1 is 0.579 bits per heavy atom. The van der Waals surface area contributed by atoms with Crippen molar-refractivity contribution in [1.82, 2.24) is 0 Å². The summed E-state index contributed by atoms with van der Waals surface area (Å²) in [6, 6.07) is 0. The molecule has 0 aromatic heterocycles. The summed E-state index contributed by atoms with van der Waals surface area (Å²) in [6.45, 7) is 5.77. The fourth-order valence-corrected chi connectivity index (χ4v) is 5.97. The molecule has 0 atom stereocenters. The fraction of sp³-hybridized carbons (Fsp3) is 0.818. The van der Waals surface area contributed by atoms with Crippen molar-refractivity contribution in [3.8, 4) is 0 Å². The molecule has 0 rings (SSSR count). The summed E-state index contributed by atoms with van der Waals surface area (Å²) in [5, 5.41) is 0. The molecular weight excluding hydrogens is 489 g/mol. The second kappa shape index (κ2) is 26.4. The van der Waals surface area contributed by atoms with Gasteiger partial charge in [0, 0.05) is 0 Å².